The fourth-order valence-electron chi connectivity index (χ4n) is 2.14. The van der Waals surface area contributed by atoms with Crippen LogP contribution in [0, 0.1) is 11.3 Å². The Morgan fingerprint density at radius 2 is 2.05 bits per heavy atom. The molecule has 19 heavy (non-hydrogen) atoms. The fourth-order valence-corrected chi connectivity index (χ4v) is 2.14. The Morgan fingerprint density at radius 3 is 2.53 bits per heavy atom. The maximum absolute atomic E-state index is 12.6. The van der Waals surface area contributed by atoms with Crippen LogP contribution in [0.15, 0.2) is 18.2 Å². The van der Waals surface area contributed by atoms with Gasteiger partial charge in [-0.3, -0.25) is 0 Å². The van der Waals surface area contributed by atoms with E-state index < -0.39 is 22.9 Å². The molecule has 1 aliphatic rings. The molecule has 1 heterocycles. The van der Waals surface area contributed by atoms with Gasteiger partial charge in [0, 0.05) is 18.8 Å². The van der Waals surface area contributed by atoms with Crippen molar-refractivity contribution in [3.05, 3.63) is 29.3 Å². The van der Waals surface area contributed by atoms with Gasteiger partial charge < -0.3 is 10.0 Å². The van der Waals surface area contributed by atoms with Crippen LogP contribution in [0.2, 0.25) is 0 Å². The molecule has 0 saturated carbocycles. The Balaban J connectivity index is 2.25. The molecule has 0 unspecified atom stereocenters. The van der Waals surface area contributed by atoms with Gasteiger partial charge in [-0.1, -0.05) is 6.92 Å². The van der Waals surface area contributed by atoms with Crippen molar-refractivity contribution in [2.24, 2.45) is 0 Å². The van der Waals surface area contributed by atoms with Crippen LogP contribution < -0.4 is 4.90 Å². The molecule has 0 radical (unpaired) electrons. The molecule has 3 nitrogen and oxygen atoms in total. The molecular formula is C13H13F3N2O. The average molecular weight is 270 g/mol. The van der Waals surface area contributed by atoms with Crippen molar-refractivity contribution in [2.75, 3.05) is 18.0 Å². The molecule has 0 aliphatic carbocycles. The molecule has 1 aliphatic heterocycles. The van der Waals surface area contributed by atoms with Crippen LogP contribution in [-0.4, -0.2) is 23.8 Å². The second-order valence-electron chi connectivity index (χ2n) is 4.77. The van der Waals surface area contributed by atoms with Gasteiger partial charge in [-0.2, -0.15) is 18.4 Å². The third-order valence-corrected chi connectivity index (χ3v) is 3.42. The maximum atomic E-state index is 12.6. The van der Waals surface area contributed by atoms with Crippen LogP contribution in [-0.2, 0) is 6.18 Å². The lowest BCUT2D eigenvalue weighted by Crippen LogP contribution is -2.61. The number of aliphatic hydroxyl groups is 1. The SMILES string of the molecule is CCC1(O)CN(c2ccc(C(F)(F)F)c(C#N)c2)C1. The summed E-state index contributed by atoms with van der Waals surface area (Å²) in [5, 5.41) is 18.7. The highest BCUT2D eigenvalue weighted by Crippen LogP contribution is 2.36. The maximum Gasteiger partial charge on any atom is 0.417 e. The lowest BCUT2D eigenvalue weighted by molar-refractivity contribution is -0.137. The van der Waals surface area contributed by atoms with E-state index >= 15 is 0 Å². The minimum Gasteiger partial charge on any atom is -0.386 e. The molecular weight excluding hydrogens is 257 g/mol. The summed E-state index contributed by atoms with van der Waals surface area (Å²) in [5.74, 6) is 0. The van der Waals surface area contributed by atoms with Crippen molar-refractivity contribution < 1.29 is 18.3 Å². The van der Waals surface area contributed by atoms with Crippen molar-refractivity contribution >= 4 is 5.69 Å². The van der Waals surface area contributed by atoms with E-state index in [0.717, 1.165) is 6.07 Å². The van der Waals surface area contributed by atoms with Crippen molar-refractivity contribution in [1.82, 2.24) is 0 Å². The molecule has 1 N–H and O–H groups in total. The number of nitrogens with zero attached hydrogens (tertiary/aromatic N) is 2. The van der Waals surface area contributed by atoms with E-state index in [1.54, 1.807) is 11.0 Å². The number of halogens is 3. The predicted octanol–water partition coefficient (Wildman–Crippen LogP) is 2.54. The summed E-state index contributed by atoms with van der Waals surface area (Å²) in [6.45, 7) is 2.60. The molecule has 1 aromatic rings. The molecule has 0 spiro atoms. The molecule has 6 heteroatoms. The minimum atomic E-state index is -4.53. The summed E-state index contributed by atoms with van der Waals surface area (Å²) in [6, 6.07) is 5.04. The molecule has 102 valence electrons. The number of β-amino-alcohol motifs (C(OH)–C–C–N with tert-alkyl or cyclic N) is 1. The minimum absolute atomic E-state index is 0.375. The van der Waals surface area contributed by atoms with Crippen LogP contribution >= 0.6 is 0 Å². The summed E-state index contributed by atoms with van der Waals surface area (Å²) in [6.07, 6.45) is -3.93. The summed E-state index contributed by atoms with van der Waals surface area (Å²) in [5.41, 5.74) is -1.56. The van der Waals surface area contributed by atoms with E-state index in [4.69, 9.17) is 5.26 Å². The molecule has 0 atom stereocenters. The number of hydrogen-bond donors (Lipinski definition) is 1. The summed E-state index contributed by atoms with van der Waals surface area (Å²) >= 11 is 0. The smallest absolute Gasteiger partial charge is 0.386 e. The number of rotatable bonds is 2. The van der Waals surface area contributed by atoms with Crippen LogP contribution in [0.4, 0.5) is 18.9 Å². The van der Waals surface area contributed by atoms with E-state index in [1.165, 1.54) is 12.1 Å². The van der Waals surface area contributed by atoms with Crippen molar-refractivity contribution in [3.8, 4) is 6.07 Å². The monoisotopic (exact) mass is 270 g/mol. The summed E-state index contributed by atoms with van der Waals surface area (Å²) < 4.78 is 37.9. The van der Waals surface area contributed by atoms with Crippen LogP contribution in [0.3, 0.4) is 0 Å². The van der Waals surface area contributed by atoms with Gasteiger partial charge in [0.25, 0.3) is 0 Å². The Morgan fingerprint density at radius 1 is 1.42 bits per heavy atom. The average Bonchev–Trinajstić information content (AvgIpc) is 2.33. The Labute approximate surface area is 108 Å². The highest BCUT2D eigenvalue weighted by Gasteiger charge is 2.40. The predicted molar refractivity (Wildman–Crippen MR) is 63.6 cm³/mol. The van der Waals surface area contributed by atoms with Gasteiger partial charge >= 0.3 is 6.18 Å². The third-order valence-electron chi connectivity index (χ3n) is 3.42. The fraction of sp³-hybridized carbons (Fsp3) is 0.462. The Bertz CT molecular complexity index is 528. The van der Waals surface area contributed by atoms with E-state index in [2.05, 4.69) is 0 Å². The molecule has 0 bridgehead atoms. The van der Waals surface area contributed by atoms with E-state index in [1.807, 2.05) is 6.92 Å². The lowest BCUT2D eigenvalue weighted by Gasteiger charge is -2.47. The second kappa shape index (κ2) is 4.42. The van der Waals surface area contributed by atoms with E-state index in [0.29, 0.717) is 25.2 Å². The van der Waals surface area contributed by atoms with Gasteiger partial charge in [0.05, 0.1) is 22.8 Å². The quantitative estimate of drug-likeness (QED) is 0.898. The summed E-state index contributed by atoms with van der Waals surface area (Å²) in [7, 11) is 0. The molecule has 1 fully saturated rings. The van der Waals surface area contributed by atoms with Gasteiger partial charge in [-0.15, -0.1) is 0 Å². The van der Waals surface area contributed by atoms with Gasteiger partial charge in [0.2, 0.25) is 0 Å². The normalized spacial score (nSPS) is 17.8. The number of hydrogen-bond acceptors (Lipinski definition) is 3. The van der Waals surface area contributed by atoms with Gasteiger partial charge in [-0.25, -0.2) is 0 Å². The Hall–Kier alpha value is -1.74. The van der Waals surface area contributed by atoms with Crippen LogP contribution in [0.1, 0.15) is 24.5 Å². The van der Waals surface area contributed by atoms with Gasteiger partial charge in [-0.05, 0) is 24.6 Å². The molecule has 1 aromatic carbocycles. The number of nitriles is 1. The zero-order valence-electron chi connectivity index (χ0n) is 10.3. The number of benzene rings is 1. The number of anilines is 1. The highest BCUT2D eigenvalue weighted by molar-refractivity contribution is 5.57. The highest BCUT2D eigenvalue weighted by atomic mass is 19.4. The third kappa shape index (κ3) is 2.51. The zero-order chi connectivity index (χ0) is 14.3. The Kier molecular flexibility index (Phi) is 3.19. The van der Waals surface area contributed by atoms with Crippen LogP contribution in [0.5, 0.6) is 0 Å². The largest absolute Gasteiger partial charge is 0.417 e. The molecule has 1 saturated heterocycles. The first-order chi connectivity index (χ1) is 8.79. The van der Waals surface area contributed by atoms with E-state index in [-0.39, 0.29) is 0 Å². The summed E-state index contributed by atoms with van der Waals surface area (Å²) in [4.78, 5) is 1.75. The second-order valence-corrected chi connectivity index (χ2v) is 4.77. The first-order valence-electron chi connectivity index (χ1n) is 5.88. The van der Waals surface area contributed by atoms with Gasteiger partial charge in [0.1, 0.15) is 0 Å². The first-order valence-corrected chi connectivity index (χ1v) is 5.88. The molecule has 2 rings (SSSR count). The lowest BCUT2D eigenvalue weighted by atomic mass is 9.90. The zero-order valence-corrected chi connectivity index (χ0v) is 10.3. The molecule has 0 amide bonds. The van der Waals surface area contributed by atoms with E-state index in [9.17, 15) is 18.3 Å². The first kappa shape index (κ1) is 13.7. The van der Waals surface area contributed by atoms with Crippen LogP contribution in [0.25, 0.3) is 0 Å². The van der Waals surface area contributed by atoms with Gasteiger partial charge in [0.15, 0.2) is 0 Å². The molecule has 0 aromatic heterocycles. The van der Waals surface area contributed by atoms with Crippen molar-refractivity contribution in [2.45, 2.75) is 25.1 Å². The van der Waals surface area contributed by atoms with Crippen molar-refractivity contribution in [3.63, 3.8) is 0 Å². The standard InChI is InChI=1S/C13H13F3N2O/c1-2-12(19)7-18(8-12)10-3-4-11(13(14,15)16)9(5-10)6-17/h3-5,19H,2,7-8H2,1H3. The van der Waals surface area contributed by atoms with Crippen molar-refractivity contribution in [1.29, 1.82) is 5.26 Å². The number of alkyl halides is 3. The topological polar surface area (TPSA) is 47.3 Å².